The van der Waals surface area contributed by atoms with Crippen LogP contribution in [-0.2, 0) is 10.0 Å². The van der Waals surface area contributed by atoms with E-state index in [1.54, 1.807) is 31.6 Å². The van der Waals surface area contributed by atoms with Crippen LogP contribution in [0.2, 0.25) is 0 Å². The number of rotatable bonds is 5. The first-order valence-electron chi connectivity index (χ1n) is 6.92. The number of methoxy groups -OCH3 is 1. The van der Waals surface area contributed by atoms with Crippen molar-refractivity contribution in [3.8, 4) is 16.9 Å². The number of hydrogen-bond acceptors (Lipinski definition) is 4. The van der Waals surface area contributed by atoms with Crippen molar-refractivity contribution < 1.29 is 13.2 Å². The molecule has 0 aliphatic rings. The standard InChI is InChI=1S/C16H20N2O3S/c1-11(2)13-7-8-17-10-15(13)14-6-5-12(9-16(14)21-3)18-22(4,19)20/h5-11,18H,1-4H3. The van der Waals surface area contributed by atoms with Gasteiger partial charge in [-0.3, -0.25) is 9.71 Å². The summed E-state index contributed by atoms with van der Waals surface area (Å²) in [6.45, 7) is 4.23. The molecule has 1 aromatic carbocycles. The minimum Gasteiger partial charge on any atom is -0.496 e. The Bertz CT molecular complexity index is 771. The summed E-state index contributed by atoms with van der Waals surface area (Å²) in [6.07, 6.45) is 4.69. The fourth-order valence-corrected chi connectivity index (χ4v) is 2.88. The second-order valence-corrected chi connectivity index (χ2v) is 7.16. The van der Waals surface area contributed by atoms with E-state index in [9.17, 15) is 8.42 Å². The molecule has 2 aromatic rings. The number of benzene rings is 1. The van der Waals surface area contributed by atoms with E-state index in [1.165, 1.54) is 0 Å². The summed E-state index contributed by atoms with van der Waals surface area (Å²) in [5, 5.41) is 0. The zero-order valence-electron chi connectivity index (χ0n) is 13.1. The molecule has 0 unspecified atom stereocenters. The maximum atomic E-state index is 11.3. The third kappa shape index (κ3) is 3.76. The van der Waals surface area contributed by atoms with E-state index in [0.717, 1.165) is 22.9 Å². The maximum absolute atomic E-state index is 11.3. The van der Waals surface area contributed by atoms with Crippen molar-refractivity contribution in [1.29, 1.82) is 0 Å². The Hall–Kier alpha value is -2.08. The summed E-state index contributed by atoms with van der Waals surface area (Å²) in [5.41, 5.74) is 3.51. The number of hydrogen-bond donors (Lipinski definition) is 1. The van der Waals surface area contributed by atoms with Crippen molar-refractivity contribution in [3.63, 3.8) is 0 Å². The molecule has 0 atom stereocenters. The molecule has 1 N–H and O–H groups in total. The fourth-order valence-electron chi connectivity index (χ4n) is 2.33. The van der Waals surface area contributed by atoms with Gasteiger partial charge in [0.05, 0.1) is 19.1 Å². The summed E-state index contributed by atoms with van der Waals surface area (Å²) in [7, 11) is -1.76. The maximum Gasteiger partial charge on any atom is 0.229 e. The minimum absolute atomic E-state index is 0.344. The number of nitrogens with one attached hydrogen (secondary N) is 1. The van der Waals surface area contributed by atoms with Gasteiger partial charge in [0.15, 0.2) is 0 Å². The number of nitrogens with zero attached hydrogens (tertiary/aromatic N) is 1. The molecule has 1 aromatic heterocycles. The Morgan fingerprint density at radius 3 is 2.50 bits per heavy atom. The lowest BCUT2D eigenvalue weighted by molar-refractivity contribution is 0.416. The number of aromatic nitrogens is 1. The molecular formula is C16H20N2O3S. The first kappa shape index (κ1) is 16.3. The van der Waals surface area contributed by atoms with Gasteiger partial charge in [0.2, 0.25) is 10.0 Å². The van der Waals surface area contributed by atoms with Crippen molar-refractivity contribution >= 4 is 15.7 Å². The van der Waals surface area contributed by atoms with Gasteiger partial charge in [-0.25, -0.2) is 8.42 Å². The van der Waals surface area contributed by atoms with E-state index in [-0.39, 0.29) is 0 Å². The van der Waals surface area contributed by atoms with E-state index in [4.69, 9.17) is 4.74 Å². The summed E-state index contributed by atoms with van der Waals surface area (Å²) in [4.78, 5) is 4.19. The molecule has 0 radical (unpaired) electrons. The van der Waals surface area contributed by atoms with Crippen LogP contribution in [0, 0.1) is 0 Å². The topological polar surface area (TPSA) is 68.3 Å². The number of anilines is 1. The van der Waals surface area contributed by atoms with E-state index in [0.29, 0.717) is 17.4 Å². The molecule has 0 aliphatic heterocycles. The fraction of sp³-hybridized carbons (Fsp3) is 0.312. The zero-order chi connectivity index (χ0) is 16.3. The van der Waals surface area contributed by atoms with Crippen LogP contribution < -0.4 is 9.46 Å². The van der Waals surface area contributed by atoms with Gasteiger partial charge >= 0.3 is 0 Å². The van der Waals surface area contributed by atoms with Crippen LogP contribution in [0.1, 0.15) is 25.3 Å². The molecule has 6 heteroatoms. The Balaban J connectivity index is 2.53. The van der Waals surface area contributed by atoms with Gasteiger partial charge in [0.25, 0.3) is 0 Å². The molecule has 1 heterocycles. The molecule has 0 fully saturated rings. The first-order valence-corrected chi connectivity index (χ1v) is 8.81. The lowest BCUT2D eigenvalue weighted by atomic mass is 9.94. The predicted octanol–water partition coefficient (Wildman–Crippen LogP) is 3.25. The van der Waals surface area contributed by atoms with Crippen LogP contribution in [0.3, 0.4) is 0 Å². The molecule has 0 bridgehead atoms. The van der Waals surface area contributed by atoms with Crippen LogP contribution >= 0.6 is 0 Å². The summed E-state index contributed by atoms with van der Waals surface area (Å²) >= 11 is 0. The largest absolute Gasteiger partial charge is 0.496 e. The molecule has 0 amide bonds. The number of pyridine rings is 1. The highest BCUT2D eigenvalue weighted by Gasteiger charge is 2.14. The van der Waals surface area contributed by atoms with E-state index in [2.05, 4.69) is 23.6 Å². The van der Waals surface area contributed by atoms with E-state index >= 15 is 0 Å². The summed E-state index contributed by atoms with van der Waals surface area (Å²) < 4.78 is 30.5. The van der Waals surface area contributed by atoms with Gasteiger partial charge < -0.3 is 4.74 Å². The molecule has 118 valence electrons. The Kier molecular flexibility index (Phi) is 4.71. The van der Waals surface area contributed by atoms with Crippen molar-refractivity contribution in [2.24, 2.45) is 0 Å². The SMILES string of the molecule is COc1cc(NS(C)(=O)=O)ccc1-c1cnccc1C(C)C. The highest BCUT2D eigenvalue weighted by molar-refractivity contribution is 7.92. The normalized spacial score (nSPS) is 11.5. The number of sulfonamides is 1. The molecule has 0 saturated carbocycles. The van der Waals surface area contributed by atoms with Crippen molar-refractivity contribution in [2.75, 3.05) is 18.1 Å². The van der Waals surface area contributed by atoms with Crippen LogP contribution in [0.5, 0.6) is 5.75 Å². The second kappa shape index (κ2) is 6.36. The van der Waals surface area contributed by atoms with E-state index in [1.807, 2.05) is 12.1 Å². The van der Waals surface area contributed by atoms with Gasteiger partial charge in [-0.2, -0.15) is 0 Å². The van der Waals surface area contributed by atoms with Crippen molar-refractivity contribution in [1.82, 2.24) is 4.98 Å². The first-order chi connectivity index (χ1) is 10.3. The predicted molar refractivity (Wildman–Crippen MR) is 88.8 cm³/mol. The number of ether oxygens (including phenoxy) is 1. The lowest BCUT2D eigenvalue weighted by Crippen LogP contribution is -2.09. The average molecular weight is 320 g/mol. The molecule has 5 nitrogen and oxygen atoms in total. The molecule has 0 aliphatic carbocycles. The Labute approximate surface area is 131 Å². The van der Waals surface area contributed by atoms with Gasteiger partial charge in [-0.15, -0.1) is 0 Å². The lowest BCUT2D eigenvalue weighted by Gasteiger charge is -2.16. The molecular weight excluding hydrogens is 300 g/mol. The third-order valence-electron chi connectivity index (χ3n) is 3.27. The van der Waals surface area contributed by atoms with Crippen LogP contribution in [0.25, 0.3) is 11.1 Å². The van der Waals surface area contributed by atoms with Gasteiger partial charge in [-0.1, -0.05) is 13.8 Å². The molecule has 0 saturated heterocycles. The summed E-state index contributed by atoms with van der Waals surface area (Å²) in [6, 6.07) is 7.22. The molecule has 0 spiro atoms. The van der Waals surface area contributed by atoms with Crippen LogP contribution in [-0.4, -0.2) is 26.8 Å². The second-order valence-electron chi connectivity index (χ2n) is 5.41. The van der Waals surface area contributed by atoms with Crippen LogP contribution in [0.4, 0.5) is 5.69 Å². The van der Waals surface area contributed by atoms with Crippen molar-refractivity contribution in [3.05, 3.63) is 42.2 Å². The van der Waals surface area contributed by atoms with Gasteiger partial charge in [0.1, 0.15) is 5.75 Å². The zero-order valence-corrected chi connectivity index (χ0v) is 13.9. The molecule has 22 heavy (non-hydrogen) atoms. The quantitative estimate of drug-likeness (QED) is 0.918. The minimum atomic E-state index is -3.32. The van der Waals surface area contributed by atoms with Gasteiger partial charge in [0, 0.05) is 29.6 Å². The highest BCUT2D eigenvalue weighted by atomic mass is 32.2. The Morgan fingerprint density at radius 1 is 1.18 bits per heavy atom. The monoisotopic (exact) mass is 320 g/mol. The average Bonchev–Trinajstić information content (AvgIpc) is 2.45. The molecule has 2 rings (SSSR count). The summed E-state index contributed by atoms with van der Waals surface area (Å²) in [5.74, 6) is 0.945. The van der Waals surface area contributed by atoms with Crippen LogP contribution in [0.15, 0.2) is 36.7 Å². The third-order valence-corrected chi connectivity index (χ3v) is 3.88. The highest BCUT2D eigenvalue weighted by Crippen LogP contribution is 2.36. The van der Waals surface area contributed by atoms with Gasteiger partial charge in [-0.05, 0) is 29.7 Å². The Morgan fingerprint density at radius 2 is 1.91 bits per heavy atom. The smallest absolute Gasteiger partial charge is 0.229 e. The van der Waals surface area contributed by atoms with E-state index < -0.39 is 10.0 Å². The van der Waals surface area contributed by atoms with Crippen molar-refractivity contribution in [2.45, 2.75) is 19.8 Å².